The third-order valence-electron chi connectivity index (χ3n) is 4.09. The number of carbonyl (C=O) groups is 1. The molecule has 21 heavy (non-hydrogen) atoms. The number of hydrogen-bond donors (Lipinski definition) is 0. The Hall–Kier alpha value is -1.42. The number of likely N-dealkylation sites (tertiary alicyclic amines) is 1. The van der Waals surface area contributed by atoms with E-state index in [1.807, 2.05) is 0 Å². The predicted octanol–water partition coefficient (Wildman–Crippen LogP) is 2.76. The Morgan fingerprint density at radius 1 is 1.29 bits per heavy atom. The van der Waals surface area contributed by atoms with Gasteiger partial charge in [-0.05, 0) is 24.3 Å². The highest BCUT2D eigenvalue weighted by molar-refractivity contribution is 5.78. The van der Waals surface area contributed by atoms with Crippen LogP contribution >= 0.6 is 0 Å². The largest absolute Gasteiger partial charge is 0.340 e. The summed E-state index contributed by atoms with van der Waals surface area (Å²) in [5, 5.41) is 0. The Morgan fingerprint density at radius 3 is 2.52 bits per heavy atom. The maximum absolute atomic E-state index is 13.6. The Balaban J connectivity index is 1.89. The molecule has 1 aliphatic rings. The van der Waals surface area contributed by atoms with Crippen molar-refractivity contribution < 1.29 is 9.18 Å². The van der Waals surface area contributed by atoms with Crippen molar-refractivity contribution in [3.63, 3.8) is 0 Å². The van der Waals surface area contributed by atoms with E-state index < -0.39 is 0 Å². The first-order valence-electron chi connectivity index (χ1n) is 7.65. The number of amides is 1. The number of rotatable bonds is 4. The summed E-state index contributed by atoms with van der Waals surface area (Å²) in [5.41, 5.74) is 0.564. The van der Waals surface area contributed by atoms with Gasteiger partial charge in [0.2, 0.25) is 5.91 Å². The minimum absolute atomic E-state index is 0.0551. The number of piperidine rings is 1. The van der Waals surface area contributed by atoms with Crippen LogP contribution in [0.15, 0.2) is 24.3 Å². The molecule has 1 saturated heterocycles. The van der Waals surface area contributed by atoms with Crippen molar-refractivity contribution in [1.82, 2.24) is 9.80 Å². The van der Waals surface area contributed by atoms with E-state index in [1.54, 1.807) is 30.1 Å². The van der Waals surface area contributed by atoms with E-state index in [2.05, 4.69) is 18.7 Å². The Bertz CT molecular complexity index is 481. The van der Waals surface area contributed by atoms with Gasteiger partial charge in [0.1, 0.15) is 5.82 Å². The summed E-state index contributed by atoms with van der Waals surface area (Å²) in [6.45, 7) is 7.17. The van der Waals surface area contributed by atoms with E-state index in [0.717, 1.165) is 13.1 Å². The number of carbonyl (C=O) groups excluding carboxylic acids is 1. The van der Waals surface area contributed by atoms with Gasteiger partial charge in [-0.1, -0.05) is 32.0 Å². The fourth-order valence-corrected chi connectivity index (χ4v) is 3.20. The minimum atomic E-state index is -0.252. The topological polar surface area (TPSA) is 23.6 Å². The van der Waals surface area contributed by atoms with E-state index in [1.165, 1.54) is 12.5 Å². The van der Waals surface area contributed by atoms with Crippen LogP contribution in [0.2, 0.25) is 0 Å². The molecule has 0 radical (unpaired) electrons. The van der Waals surface area contributed by atoms with Gasteiger partial charge in [0.15, 0.2) is 0 Å². The second-order valence-corrected chi connectivity index (χ2v) is 6.48. The molecule has 4 heteroatoms. The number of hydrogen-bond acceptors (Lipinski definition) is 2. The normalized spacial score (nSPS) is 23.0. The monoisotopic (exact) mass is 292 g/mol. The molecule has 1 heterocycles. The maximum atomic E-state index is 13.6. The highest BCUT2D eigenvalue weighted by Crippen LogP contribution is 2.20. The Kier molecular flexibility index (Phi) is 5.34. The van der Waals surface area contributed by atoms with Crippen molar-refractivity contribution in [2.24, 2.45) is 11.8 Å². The van der Waals surface area contributed by atoms with Crippen LogP contribution < -0.4 is 0 Å². The van der Waals surface area contributed by atoms with Crippen LogP contribution in [0.1, 0.15) is 25.8 Å². The van der Waals surface area contributed by atoms with Crippen molar-refractivity contribution in [3.8, 4) is 0 Å². The molecule has 3 nitrogen and oxygen atoms in total. The van der Waals surface area contributed by atoms with Crippen LogP contribution in [0.5, 0.6) is 0 Å². The molecule has 0 N–H and O–H groups in total. The molecule has 0 spiro atoms. The van der Waals surface area contributed by atoms with E-state index >= 15 is 0 Å². The summed E-state index contributed by atoms with van der Waals surface area (Å²) in [6, 6.07) is 6.62. The second kappa shape index (κ2) is 7.03. The van der Waals surface area contributed by atoms with Crippen LogP contribution in [0.25, 0.3) is 0 Å². The highest BCUT2D eigenvalue weighted by Gasteiger charge is 2.24. The first-order chi connectivity index (χ1) is 9.95. The van der Waals surface area contributed by atoms with Crippen LogP contribution in [-0.4, -0.2) is 42.4 Å². The summed E-state index contributed by atoms with van der Waals surface area (Å²) in [7, 11) is 1.74. The molecule has 116 valence electrons. The minimum Gasteiger partial charge on any atom is -0.340 e. The predicted molar refractivity (Wildman–Crippen MR) is 82.3 cm³/mol. The third-order valence-corrected chi connectivity index (χ3v) is 4.09. The average molecular weight is 292 g/mol. The van der Waals surface area contributed by atoms with Crippen LogP contribution in [0.3, 0.4) is 0 Å². The zero-order chi connectivity index (χ0) is 15.4. The molecule has 0 aromatic heterocycles. The number of halogens is 1. The molecule has 2 atom stereocenters. The van der Waals surface area contributed by atoms with Gasteiger partial charge in [0.25, 0.3) is 0 Å². The van der Waals surface area contributed by atoms with Crippen LogP contribution in [-0.2, 0) is 11.3 Å². The van der Waals surface area contributed by atoms with Gasteiger partial charge in [-0.2, -0.15) is 0 Å². The van der Waals surface area contributed by atoms with Gasteiger partial charge < -0.3 is 4.90 Å². The number of nitrogens with zero attached hydrogens (tertiary/aromatic N) is 2. The van der Waals surface area contributed by atoms with Gasteiger partial charge in [0.05, 0.1) is 6.54 Å². The lowest BCUT2D eigenvalue weighted by atomic mass is 9.92. The van der Waals surface area contributed by atoms with Crippen molar-refractivity contribution in [2.75, 3.05) is 26.7 Å². The Labute approximate surface area is 126 Å². The SMILES string of the molecule is CC1CC(C)CN(CC(=O)N(C)Cc2ccccc2F)C1. The summed E-state index contributed by atoms with van der Waals surface area (Å²) in [4.78, 5) is 16.1. The smallest absolute Gasteiger partial charge is 0.236 e. The zero-order valence-corrected chi connectivity index (χ0v) is 13.2. The van der Waals surface area contributed by atoms with Crippen LogP contribution in [0, 0.1) is 17.7 Å². The second-order valence-electron chi connectivity index (χ2n) is 6.48. The van der Waals surface area contributed by atoms with Gasteiger partial charge in [0, 0.05) is 32.2 Å². The molecule has 0 aliphatic carbocycles. The van der Waals surface area contributed by atoms with Gasteiger partial charge in [-0.15, -0.1) is 0 Å². The molecule has 0 saturated carbocycles. The molecular weight excluding hydrogens is 267 g/mol. The number of likely N-dealkylation sites (N-methyl/N-ethyl adjacent to an activating group) is 1. The van der Waals surface area contributed by atoms with Gasteiger partial charge in [-0.25, -0.2) is 4.39 Å². The van der Waals surface area contributed by atoms with Crippen molar-refractivity contribution in [1.29, 1.82) is 0 Å². The van der Waals surface area contributed by atoms with E-state index in [-0.39, 0.29) is 11.7 Å². The first-order valence-corrected chi connectivity index (χ1v) is 7.65. The molecule has 1 aromatic carbocycles. The van der Waals surface area contributed by atoms with E-state index in [9.17, 15) is 9.18 Å². The van der Waals surface area contributed by atoms with Crippen molar-refractivity contribution in [3.05, 3.63) is 35.6 Å². The first kappa shape index (κ1) is 16.0. The Morgan fingerprint density at radius 2 is 1.90 bits per heavy atom. The van der Waals surface area contributed by atoms with Crippen molar-refractivity contribution in [2.45, 2.75) is 26.8 Å². The van der Waals surface area contributed by atoms with Crippen LogP contribution in [0.4, 0.5) is 4.39 Å². The molecule has 2 unspecified atom stereocenters. The number of benzene rings is 1. The third kappa shape index (κ3) is 4.53. The molecule has 0 bridgehead atoms. The summed E-state index contributed by atoms with van der Waals surface area (Å²) >= 11 is 0. The molecule has 1 aliphatic heterocycles. The lowest BCUT2D eigenvalue weighted by molar-refractivity contribution is -0.132. The van der Waals surface area contributed by atoms with Crippen molar-refractivity contribution >= 4 is 5.91 Å². The van der Waals surface area contributed by atoms with Gasteiger partial charge >= 0.3 is 0 Å². The van der Waals surface area contributed by atoms with Gasteiger partial charge in [-0.3, -0.25) is 9.69 Å². The molecule has 1 fully saturated rings. The lowest BCUT2D eigenvalue weighted by Gasteiger charge is -2.35. The fourth-order valence-electron chi connectivity index (χ4n) is 3.20. The quantitative estimate of drug-likeness (QED) is 0.852. The molecular formula is C17H25FN2O. The summed E-state index contributed by atoms with van der Waals surface area (Å²) in [6.07, 6.45) is 1.23. The lowest BCUT2D eigenvalue weighted by Crippen LogP contribution is -2.44. The maximum Gasteiger partial charge on any atom is 0.236 e. The molecule has 2 rings (SSSR count). The fraction of sp³-hybridized carbons (Fsp3) is 0.588. The van der Waals surface area contributed by atoms with E-state index in [0.29, 0.717) is 30.5 Å². The summed E-state index contributed by atoms with van der Waals surface area (Å²) < 4.78 is 13.6. The van der Waals surface area contributed by atoms with E-state index in [4.69, 9.17) is 0 Å². The average Bonchev–Trinajstić information content (AvgIpc) is 2.40. The molecule has 1 aromatic rings. The highest BCUT2D eigenvalue weighted by atomic mass is 19.1. The summed E-state index contributed by atoms with van der Waals surface area (Å²) in [5.74, 6) is 1.08. The standard InChI is InChI=1S/C17H25FN2O/c1-13-8-14(2)10-20(9-13)12-17(21)19(3)11-15-6-4-5-7-16(15)18/h4-7,13-14H,8-12H2,1-3H3. The molecule has 1 amide bonds. The zero-order valence-electron chi connectivity index (χ0n) is 13.2.